The predicted molar refractivity (Wildman–Crippen MR) is 70.3 cm³/mol. The molecule has 0 aromatic heterocycles. The van der Waals surface area contributed by atoms with E-state index in [2.05, 4.69) is 6.92 Å². The van der Waals surface area contributed by atoms with Crippen LogP contribution < -0.4 is 5.73 Å². The van der Waals surface area contributed by atoms with E-state index in [4.69, 9.17) is 5.73 Å². The standard InChI is InChI=1S/C14H22F2N2/c1-3-4-5-9-18(2)13(10-17)11-7-6-8-12(15)14(11)16/h6-8,13H,3-5,9-10,17H2,1-2H3. The molecule has 1 rings (SSSR count). The highest BCUT2D eigenvalue weighted by molar-refractivity contribution is 5.23. The molecule has 0 saturated carbocycles. The average Bonchev–Trinajstić information content (AvgIpc) is 2.36. The van der Waals surface area contributed by atoms with Gasteiger partial charge >= 0.3 is 0 Å². The van der Waals surface area contributed by atoms with Crippen LogP contribution in [0.1, 0.15) is 37.8 Å². The zero-order chi connectivity index (χ0) is 13.5. The number of hydrogen-bond acceptors (Lipinski definition) is 2. The molecule has 0 amide bonds. The smallest absolute Gasteiger partial charge is 0.163 e. The Labute approximate surface area is 108 Å². The third-order valence-corrected chi connectivity index (χ3v) is 3.21. The number of nitrogens with zero attached hydrogens (tertiary/aromatic N) is 1. The fourth-order valence-electron chi connectivity index (χ4n) is 2.09. The number of hydrogen-bond donors (Lipinski definition) is 1. The van der Waals surface area contributed by atoms with Crippen LogP contribution in [-0.4, -0.2) is 25.0 Å². The first-order valence-corrected chi connectivity index (χ1v) is 6.46. The van der Waals surface area contributed by atoms with Crippen molar-refractivity contribution < 1.29 is 8.78 Å². The highest BCUT2D eigenvalue weighted by atomic mass is 19.2. The maximum absolute atomic E-state index is 13.7. The lowest BCUT2D eigenvalue weighted by molar-refractivity contribution is 0.238. The van der Waals surface area contributed by atoms with E-state index < -0.39 is 11.6 Å². The molecule has 0 spiro atoms. The van der Waals surface area contributed by atoms with Gasteiger partial charge in [0.1, 0.15) is 0 Å². The van der Waals surface area contributed by atoms with E-state index in [0.29, 0.717) is 5.56 Å². The summed E-state index contributed by atoms with van der Waals surface area (Å²) in [4.78, 5) is 1.99. The van der Waals surface area contributed by atoms with Gasteiger partial charge in [0.05, 0.1) is 0 Å². The summed E-state index contributed by atoms with van der Waals surface area (Å²) in [6.07, 6.45) is 3.31. The second-order valence-electron chi connectivity index (χ2n) is 4.58. The van der Waals surface area contributed by atoms with E-state index in [0.717, 1.165) is 31.9 Å². The van der Waals surface area contributed by atoms with Crippen LogP contribution in [0.25, 0.3) is 0 Å². The quantitative estimate of drug-likeness (QED) is 0.760. The third-order valence-electron chi connectivity index (χ3n) is 3.21. The average molecular weight is 256 g/mol. The van der Waals surface area contributed by atoms with Crippen LogP contribution in [0.4, 0.5) is 8.78 Å². The molecule has 18 heavy (non-hydrogen) atoms. The molecule has 0 radical (unpaired) electrons. The van der Waals surface area contributed by atoms with Crippen LogP contribution >= 0.6 is 0 Å². The van der Waals surface area contributed by atoms with Crippen LogP contribution in [0.3, 0.4) is 0 Å². The van der Waals surface area contributed by atoms with E-state index in [1.165, 1.54) is 6.07 Å². The highest BCUT2D eigenvalue weighted by Crippen LogP contribution is 2.23. The molecule has 0 aliphatic carbocycles. The summed E-state index contributed by atoms with van der Waals surface area (Å²) in [5.41, 5.74) is 6.04. The summed E-state index contributed by atoms with van der Waals surface area (Å²) < 4.78 is 26.9. The SMILES string of the molecule is CCCCCN(C)C(CN)c1cccc(F)c1F. The molecule has 0 heterocycles. The molecule has 1 aromatic carbocycles. The molecule has 0 fully saturated rings. The maximum Gasteiger partial charge on any atom is 0.163 e. The van der Waals surface area contributed by atoms with Crippen LogP contribution in [0, 0.1) is 11.6 Å². The van der Waals surface area contributed by atoms with Crippen molar-refractivity contribution in [2.75, 3.05) is 20.1 Å². The Bertz CT molecular complexity index is 369. The molecule has 4 heteroatoms. The Kier molecular flexibility index (Phi) is 6.22. The lowest BCUT2D eigenvalue weighted by Gasteiger charge is -2.27. The lowest BCUT2D eigenvalue weighted by atomic mass is 10.0. The fourth-order valence-corrected chi connectivity index (χ4v) is 2.09. The molecule has 0 aliphatic rings. The first-order valence-electron chi connectivity index (χ1n) is 6.46. The van der Waals surface area contributed by atoms with Gasteiger partial charge < -0.3 is 5.73 Å². The van der Waals surface area contributed by atoms with Gasteiger partial charge in [-0.1, -0.05) is 31.9 Å². The minimum atomic E-state index is -0.812. The van der Waals surface area contributed by atoms with Gasteiger partial charge in [0.15, 0.2) is 11.6 Å². The van der Waals surface area contributed by atoms with E-state index in [1.807, 2.05) is 11.9 Å². The third kappa shape index (κ3) is 3.75. The monoisotopic (exact) mass is 256 g/mol. The zero-order valence-corrected chi connectivity index (χ0v) is 11.1. The number of halogens is 2. The van der Waals surface area contributed by atoms with Gasteiger partial charge in [-0.15, -0.1) is 0 Å². The lowest BCUT2D eigenvalue weighted by Crippen LogP contribution is -2.32. The van der Waals surface area contributed by atoms with E-state index in [9.17, 15) is 8.78 Å². The highest BCUT2D eigenvalue weighted by Gasteiger charge is 2.20. The summed E-state index contributed by atoms with van der Waals surface area (Å²) in [6, 6.07) is 3.99. The maximum atomic E-state index is 13.7. The number of rotatable bonds is 7. The Hall–Kier alpha value is -1.00. The molecule has 0 aliphatic heterocycles. The van der Waals surface area contributed by atoms with Crippen molar-refractivity contribution in [2.24, 2.45) is 5.73 Å². The van der Waals surface area contributed by atoms with Crippen molar-refractivity contribution in [1.82, 2.24) is 4.90 Å². The fraction of sp³-hybridized carbons (Fsp3) is 0.571. The molecule has 2 N–H and O–H groups in total. The molecular formula is C14H22F2N2. The Morgan fingerprint density at radius 2 is 2.00 bits per heavy atom. The van der Waals surface area contributed by atoms with Gasteiger partial charge in [-0.25, -0.2) is 8.78 Å². The number of likely N-dealkylation sites (N-methyl/N-ethyl adjacent to an activating group) is 1. The molecule has 1 unspecified atom stereocenters. The van der Waals surface area contributed by atoms with Gasteiger partial charge in [0.25, 0.3) is 0 Å². The first-order chi connectivity index (χ1) is 8.61. The van der Waals surface area contributed by atoms with E-state index >= 15 is 0 Å². The molecule has 1 aromatic rings. The second kappa shape index (κ2) is 7.44. The van der Waals surface area contributed by atoms with Gasteiger partial charge in [-0.3, -0.25) is 4.90 Å². The number of nitrogens with two attached hydrogens (primary N) is 1. The van der Waals surface area contributed by atoms with E-state index in [-0.39, 0.29) is 12.6 Å². The van der Waals surface area contributed by atoms with Crippen molar-refractivity contribution in [2.45, 2.75) is 32.2 Å². The Morgan fingerprint density at radius 1 is 1.28 bits per heavy atom. The molecule has 102 valence electrons. The van der Waals surface area contributed by atoms with Gasteiger partial charge in [-0.2, -0.15) is 0 Å². The molecule has 0 saturated heterocycles. The molecule has 1 atom stereocenters. The minimum absolute atomic E-state index is 0.266. The molecule has 0 bridgehead atoms. The van der Waals surface area contributed by atoms with Crippen LogP contribution in [0.2, 0.25) is 0 Å². The zero-order valence-electron chi connectivity index (χ0n) is 11.1. The van der Waals surface area contributed by atoms with Crippen molar-refractivity contribution in [1.29, 1.82) is 0 Å². The Balaban J connectivity index is 2.78. The summed E-state index contributed by atoms with van der Waals surface area (Å²) in [7, 11) is 1.90. The van der Waals surface area contributed by atoms with Crippen molar-refractivity contribution >= 4 is 0 Å². The van der Waals surface area contributed by atoms with Crippen LogP contribution in [0.5, 0.6) is 0 Å². The summed E-state index contributed by atoms with van der Waals surface area (Å²) in [5.74, 6) is -1.59. The van der Waals surface area contributed by atoms with Crippen molar-refractivity contribution in [3.63, 3.8) is 0 Å². The minimum Gasteiger partial charge on any atom is -0.329 e. The molecular weight excluding hydrogens is 234 g/mol. The Morgan fingerprint density at radius 3 is 2.61 bits per heavy atom. The summed E-state index contributed by atoms with van der Waals surface area (Å²) in [5, 5.41) is 0. The van der Waals surface area contributed by atoms with Crippen LogP contribution in [0.15, 0.2) is 18.2 Å². The largest absolute Gasteiger partial charge is 0.329 e. The first kappa shape index (κ1) is 15.1. The van der Waals surface area contributed by atoms with Crippen LogP contribution in [-0.2, 0) is 0 Å². The number of unbranched alkanes of at least 4 members (excludes halogenated alkanes) is 2. The normalized spacial score (nSPS) is 13.0. The van der Waals surface area contributed by atoms with E-state index in [1.54, 1.807) is 6.07 Å². The van der Waals surface area contributed by atoms with Crippen molar-refractivity contribution in [3.05, 3.63) is 35.4 Å². The van der Waals surface area contributed by atoms with Gasteiger partial charge in [0, 0.05) is 18.2 Å². The topological polar surface area (TPSA) is 29.3 Å². The number of benzene rings is 1. The summed E-state index contributed by atoms with van der Waals surface area (Å²) >= 11 is 0. The predicted octanol–water partition coefficient (Wildman–Crippen LogP) is 3.09. The van der Waals surface area contributed by atoms with Crippen molar-refractivity contribution in [3.8, 4) is 0 Å². The van der Waals surface area contributed by atoms with Gasteiger partial charge in [0.2, 0.25) is 0 Å². The van der Waals surface area contributed by atoms with Gasteiger partial charge in [-0.05, 0) is 26.1 Å². The summed E-state index contributed by atoms with van der Waals surface area (Å²) in [6.45, 7) is 3.25. The molecule has 2 nitrogen and oxygen atoms in total. The second-order valence-corrected chi connectivity index (χ2v) is 4.58.